The smallest absolute Gasteiger partial charge is 0.274 e. The molecule has 2 heterocycles. The van der Waals surface area contributed by atoms with Gasteiger partial charge in [-0.25, -0.2) is 9.87 Å². The van der Waals surface area contributed by atoms with E-state index < -0.39 is 5.91 Å². The summed E-state index contributed by atoms with van der Waals surface area (Å²) in [5.41, 5.74) is 3.33. The lowest BCUT2D eigenvalue weighted by Gasteiger charge is -2.40. The van der Waals surface area contributed by atoms with Gasteiger partial charge in [-0.05, 0) is 49.1 Å². The highest BCUT2D eigenvalue weighted by Gasteiger charge is 2.30. The number of piperidine rings is 1. The Morgan fingerprint density at radius 2 is 2.26 bits per heavy atom. The number of rotatable bonds is 1. The molecule has 2 N–H and O–H groups in total. The molecule has 102 valence electrons. The number of nitrogens with one attached hydrogen (secondary N) is 1. The third-order valence-electron chi connectivity index (χ3n) is 4.21. The largest absolute Gasteiger partial charge is 0.296 e. The lowest BCUT2D eigenvalue weighted by atomic mass is 9.87. The Hall–Kier alpha value is -1.46. The first kappa shape index (κ1) is 12.6. The molecular weight excluding hydrogens is 247 g/mol. The molecule has 1 amide bonds. The fourth-order valence-electron chi connectivity index (χ4n) is 3.21. The second-order valence-corrected chi connectivity index (χ2v) is 5.36. The minimum absolute atomic E-state index is 0.175. The van der Waals surface area contributed by atoms with Gasteiger partial charge in [0.1, 0.15) is 5.82 Å². The van der Waals surface area contributed by atoms with Crippen LogP contribution in [-0.2, 0) is 13.0 Å². The van der Waals surface area contributed by atoms with E-state index >= 15 is 0 Å². The van der Waals surface area contributed by atoms with Crippen molar-refractivity contribution in [2.45, 2.75) is 38.3 Å². The average Bonchev–Trinajstić information content (AvgIpc) is 2.44. The van der Waals surface area contributed by atoms with E-state index in [2.05, 4.69) is 4.90 Å². The molecule has 0 bridgehead atoms. The summed E-state index contributed by atoms with van der Waals surface area (Å²) in [6.07, 6.45) is 4.24. The molecule has 0 unspecified atom stereocenters. The second-order valence-electron chi connectivity index (χ2n) is 5.36. The van der Waals surface area contributed by atoms with Gasteiger partial charge in [0.25, 0.3) is 5.91 Å². The summed E-state index contributed by atoms with van der Waals surface area (Å²) in [5, 5.41) is 8.64. The number of fused-ring (bicyclic) bond motifs is 2. The average molecular weight is 264 g/mol. The van der Waals surface area contributed by atoms with Gasteiger partial charge in [-0.1, -0.05) is 6.42 Å². The topological polar surface area (TPSA) is 52.6 Å². The number of halogens is 1. The quantitative estimate of drug-likeness (QED) is 0.601. The molecule has 1 aromatic rings. The highest BCUT2D eigenvalue weighted by Crippen LogP contribution is 2.31. The summed E-state index contributed by atoms with van der Waals surface area (Å²) in [7, 11) is 0. The van der Waals surface area contributed by atoms with Gasteiger partial charge in [-0.15, -0.1) is 0 Å². The van der Waals surface area contributed by atoms with Crippen LogP contribution in [0.3, 0.4) is 0 Å². The van der Waals surface area contributed by atoms with Gasteiger partial charge in [0, 0.05) is 18.2 Å². The molecule has 1 saturated heterocycles. The van der Waals surface area contributed by atoms with Crippen molar-refractivity contribution in [1.82, 2.24) is 10.4 Å². The van der Waals surface area contributed by atoms with Crippen molar-refractivity contribution in [2.75, 3.05) is 6.54 Å². The molecule has 0 aliphatic carbocycles. The van der Waals surface area contributed by atoms with E-state index in [4.69, 9.17) is 5.21 Å². The Morgan fingerprint density at radius 1 is 1.42 bits per heavy atom. The highest BCUT2D eigenvalue weighted by molar-refractivity contribution is 5.93. The van der Waals surface area contributed by atoms with E-state index in [1.165, 1.54) is 18.9 Å². The Bertz CT molecular complexity index is 518. The van der Waals surface area contributed by atoms with Crippen LogP contribution in [0.4, 0.5) is 4.39 Å². The number of carbonyl (C=O) groups excluding carboxylic acids is 1. The van der Waals surface area contributed by atoms with Gasteiger partial charge in [0.05, 0.1) is 0 Å². The maximum Gasteiger partial charge on any atom is 0.274 e. The van der Waals surface area contributed by atoms with E-state index in [0.29, 0.717) is 12.6 Å². The summed E-state index contributed by atoms with van der Waals surface area (Å²) < 4.78 is 14.1. The Morgan fingerprint density at radius 3 is 3.05 bits per heavy atom. The number of hydrogen-bond acceptors (Lipinski definition) is 3. The summed E-state index contributed by atoms with van der Waals surface area (Å²) in [4.78, 5) is 13.8. The zero-order valence-electron chi connectivity index (χ0n) is 10.7. The van der Waals surface area contributed by atoms with Crippen molar-refractivity contribution in [3.05, 3.63) is 34.6 Å². The van der Waals surface area contributed by atoms with Crippen LogP contribution in [0.2, 0.25) is 0 Å². The third kappa shape index (κ3) is 2.24. The van der Waals surface area contributed by atoms with Crippen molar-refractivity contribution in [2.24, 2.45) is 0 Å². The third-order valence-corrected chi connectivity index (χ3v) is 4.21. The van der Waals surface area contributed by atoms with Crippen LogP contribution in [-0.4, -0.2) is 28.6 Å². The number of nitrogens with zero attached hydrogens (tertiary/aromatic N) is 1. The van der Waals surface area contributed by atoms with E-state index in [0.717, 1.165) is 30.5 Å². The maximum absolute atomic E-state index is 14.1. The lowest BCUT2D eigenvalue weighted by molar-refractivity contribution is 0.0705. The van der Waals surface area contributed by atoms with Gasteiger partial charge >= 0.3 is 0 Å². The van der Waals surface area contributed by atoms with Crippen LogP contribution in [0.1, 0.15) is 40.7 Å². The number of carbonyl (C=O) groups is 1. The Balaban J connectivity index is 1.96. The Kier molecular flexibility index (Phi) is 3.24. The van der Waals surface area contributed by atoms with Crippen LogP contribution in [0, 0.1) is 5.82 Å². The van der Waals surface area contributed by atoms with Crippen molar-refractivity contribution in [3.8, 4) is 0 Å². The first-order valence-electron chi connectivity index (χ1n) is 6.69. The fourth-order valence-corrected chi connectivity index (χ4v) is 3.21. The standard InChI is InChI=1S/C14H17FN2O2/c15-13-6-9(14(18)16-19)5-10-8-17-4-2-1-3-11(17)7-12(10)13/h5-6,11,19H,1-4,7-8H2,(H,16,18)/t11-/m1/s1. The predicted octanol–water partition coefficient (Wildman–Crippen LogP) is 1.86. The molecule has 19 heavy (non-hydrogen) atoms. The Labute approximate surface area is 111 Å². The second kappa shape index (κ2) is 4.90. The predicted molar refractivity (Wildman–Crippen MR) is 67.4 cm³/mol. The molecule has 2 aliphatic rings. The first-order valence-corrected chi connectivity index (χ1v) is 6.69. The summed E-state index contributed by atoms with van der Waals surface area (Å²) >= 11 is 0. The monoisotopic (exact) mass is 264 g/mol. The molecule has 0 radical (unpaired) electrons. The molecule has 1 fully saturated rings. The molecule has 0 spiro atoms. The van der Waals surface area contributed by atoms with Gasteiger partial charge < -0.3 is 0 Å². The van der Waals surface area contributed by atoms with Crippen LogP contribution >= 0.6 is 0 Å². The van der Waals surface area contributed by atoms with Crippen LogP contribution < -0.4 is 5.48 Å². The fraction of sp³-hybridized carbons (Fsp3) is 0.500. The number of hydrogen-bond donors (Lipinski definition) is 2. The van der Waals surface area contributed by atoms with Gasteiger partial charge in [-0.3, -0.25) is 14.9 Å². The molecule has 1 atom stereocenters. The zero-order chi connectivity index (χ0) is 13.4. The first-order chi connectivity index (χ1) is 9.19. The van der Waals surface area contributed by atoms with E-state index in [1.807, 2.05) is 0 Å². The summed E-state index contributed by atoms with van der Waals surface area (Å²) in [6, 6.07) is 3.34. The van der Waals surface area contributed by atoms with Gasteiger partial charge in [0.15, 0.2) is 0 Å². The number of benzene rings is 1. The maximum atomic E-state index is 14.1. The highest BCUT2D eigenvalue weighted by atomic mass is 19.1. The van der Waals surface area contributed by atoms with Crippen LogP contribution in [0.15, 0.2) is 12.1 Å². The molecule has 0 aromatic heterocycles. The molecule has 4 nitrogen and oxygen atoms in total. The van der Waals surface area contributed by atoms with Crippen LogP contribution in [0.5, 0.6) is 0 Å². The van der Waals surface area contributed by atoms with Gasteiger partial charge in [0.2, 0.25) is 0 Å². The van der Waals surface area contributed by atoms with Crippen molar-refractivity contribution in [1.29, 1.82) is 0 Å². The summed E-state index contributed by atoms with van der Waals surface area (Å²) in [5.74, 6) is -0.996. The molecule has 5 heteroatoms. The molecule has 2 aliphatic heterocycles. The number of hydroxylamine groups is 1. The molecular formula is C14H17FN2O2. The van der Waals surface area contributed by atoms with Crippen molar-refractivity contribution in [3.63, 3.8) is 0 Å². The number of amides is 1. The van der Waals surface area contributed by atoms with Crippen molar-refractivity contribution < 1.29 is 14.4 Å². The lowest BCUT2D eigenvalue weighted by Crippen LogP contribution is -2.43. The van der Waals surface area contributed by atoms with E-state index in [-0.39, 0.29) is 11.4 Å². The minimum atomic E-state index is -0.664. The molecule has 0 saturated carbocycles. The zero-order valence-corrected chi connectivity index (χ0v) is 10.7. The van der Waals surface area contributed by atoms with Crippen molar-refractivity contribution >= 4 is 5.91 Å². The molecule has 3 rings (SSSR count). The van der Waals surface area contributed by atoms with E-state index in [9.17, 15) is 9.18 Å². The molecule has 1 aromatic carbocycles. The SMILES string of the molecule is O=C(NO)c1cc(F)c2c(c1)CN1CCCC[C@@H]1C2. The summed E-state index contributed by atoms with van der Waals surface area (Å²) in [6.45, 7) is 1.74. The minimum Gasteiger partial charge on any atom is -0.296 e. The van der Waals surface area contributed by atoms with Crippen LogP contribution in [0.25, 0.3) is 0 Å². The normalized spacial score (nSPS) is 22.5. The van der Waals surface area contributed by atoms with Gasteiger partial charge in [-0.2, -0.15) is 0 Å². The van der Waals surface area contributed by atoms with E-state index in [1.54, 1.807) is 11.5 Å².